The lowest BCUT2D eigenvalue weighted by Gasteiger charge is -2.25. The predicted molar refractivity (Wildman–Crippen MR) is 102 cm³/mol. The van der Waals surface area contributed by atoms with Crippen LogP contribution in [-0.4, -0.2) is 28.9 Å². The van der Waals surface area contributed by atoms with Crippen LogP contribution < -0.4 is 0 Å². The molecule has 2 heterocycles. The first-order chi connectivity index (χ1) is 13.5. The molecule has 0 aliphatic heterocycles. The SMILES string of the molecule is Cc1ccc(S(=O)(=O)N(Cc2ccc(-c3noc(C(F)(F)F)n3)cc2)C(C)C)s1. The van der Waals surface area contributed by atoms with Crippen LogP contribution in [0.4, 0.5) is 13.2 Å². The van der Waals surface area contributed by atoms with E-state index in [2.05, 4.69) is 14.7 Å². The summed E-state index contributed by atoms with van der Waals surface area (Å²) >= 11 is 1.21. The van der Waals surface area contributed by atoms with Crippen molar-refractivity contribution in [1.82, 2.24) is 14.4 Å². The van der Waals surface area contributed by atoms with E-state index in [0.29, 0.717) is 11.1 Å². The summed E-state index contributed by atoms with van der Waals surface area (Å²) in [6.07, 6.45) is -4.71. The number of hydrogen-bond donors (Lipinski definition) is 0. The third-order valence-electron chi connectivity index (χ3n) is 4.07. The number of hydrogen-bond acceptors (Lipinski definition) is 6. The van der Waals surface area contributed by atoms with Gasteiger partial charge in [0, 0.05) is 23.0 Å². The summed E-state index contributed by atoms with van der Waals surface area (Å²) < 4.78 is 69.6. The molecule has 0 bridgehead atoms. The minimum absolute atomic E-state index is 0.122. The van der Waals surface area contributed by atoms with Gasteiger partial charge in [-0.3, -0.25) is 0 Å². The highest BCUT2D eigenvalue weighted by Crippen LogP contribution is 2.30. The lowest BCUT2D eigenvalue weighted by atomic mass is 10.1. The van der Waals surface area contributed by atoms with Gasteiger partial charge in [0.15, 0.2) is 0 Å². The van der Waals surface area contributed by atoms with Crippen molar-refractivity contribution in [2.24, 2.45) is 0 Å². The summed E-state index contributed by atoms with van der Waals surface area (Å²) in [6.45, 7) is 5.52. The van der Waals surface area contributed by atoms with Crippen molar-refractivity contribution in [3.63, 3.8) is 0 Å². The highest BCUT2D eigenvalue weighted by atomic mass is 32.2. The Labute approximate surface area is 170 Å². The monoisotopic (exact) mass is 445 g/mol. The van der Waals surface area contributed by atoms with Gasteiger partial charge < -0.3 is 4.52 Å². The molecule has 0 saturated heterocycles. The molecule has 0 radical (unpaired) electrons. The fourth-order valence-corrected chi connectivity index (χ4v) is 5.64. The van der Waals surface area contributed by atoms with Crippen LogP contribution in [0.25, 0.3) is 11.4 Å². The lowest BCUT2D eigenvalue weighted by Crippen LogP contribution is -2.36. The summed E-state index contributed by atoms with van der Waals surface area (Å²) in [5.74, 6) is -1.61. The molecule has 156 valence electrons. The quantitative estimate of drug-likeness (QED) is 0.549. The van der Waals surface area contributed by atoms with E-state index in [1.165, 1.54) is 27.8 Å². The molecule has 29 heavy (non-hydrogen) atoms. The second-order valence-electron chi connectivity index (χ2n) is 6.63. The Morgan fingerprint density at radius 2 is 1.79 bits per heavy atom. The highest BCUT2D eigenvalue weighted by molar-refractivity contribution is 7.91. The van der Waals surface area contributed by atoms with Gasteiger partial charge in [0.25, 0.3) is 10.0 Å². The summed E-state index contributed by atoms with van der Waals surface area (Å²) in [7, 11) is -3.67. The van der Waals surface area contributed by atoms with E-state index in [1.807, 2.05) is 6.92 Å². The van der Waals surface area contributed by atoms with E-state index in [-0.39, 0.29) is 22.6 Å². The number of sulfonamides is 1. The van der Waals surface area contributed by atoms with Gasteiger partial charge >= 0.3 is 12.1 Å². The smallest absolute Gasteiger partial charge is 0.329 e. The van der Waals surface area contributed by atoms with Gasteiger partial charge in [-0.05, 0) is 38.5 Å². The van der Waals surface area contributed by atoms with E-state index in [1.54, 1.807) is 38.1 Å². The molecule has 0 saturated carbocycles. The summed E-state index contributed by atoms with van der Waals surface area (Å²) in [4.78, 5) is 4.24. The minimum Gasteiger partial charge on any atom is -0.329 e. The number of nitrogens with zero attached hydrogens (tertiary/aromatic N) is 3. The van der Waals surface area contributed by atoms with E-state index >= 15 is 0 Å². The number of benzene rings is 1. The zero-order valence-electron chi connectivity index (χ0n) is 15.8. The number of aryl methyl sites for hydroxylation is 1. The van der Waals surface area contributed by atoms with Gasteiger partial charge in [-0.25, -0.2) is 8.42 Å². The van der Waals surface area contributed by atoms with Gasteiger partial charge in [0.05, 0.1) is 0 Å². The van der Waals surface area contributed by atoms with Crippen LogP contribution in [0, 0.1) is 6.92 Å². The standard InChI is InChI=1S/C18H18F3N3O3S2/c1-11(2)24(29(25,26)15-9-4-12(3)28-15)10-13-5-7-14(8-6-13)16-22-17(27-23-16)18(19,20)21/h4-9,11H,10H2,1-3H3. The second kappa shape index (κ2) is 7.88. The summed E-state index contributed by atoms with van der Waals surface area (Å²) in [5.41, 5.74) is 1.01. The third kappa shape index (κ3) is 4.68. The Morgan fingerprint density at radius 3 is 2.28 bits per heavy atom. The molecule has 11 heteroatoms. The number of alkyl halides is 3. The van der Waals surface area contributed by atoms with Crippen LogP contribution in [0.1, 0.15) is 30.2 Å². The zero-order valence-corrected chi connectivity index (χ0v) is 17.4. The molecule has 2 aromatic heterocycles. The first-order valence-corrected chi connectivity index (χ1v) is 10.8. The fraction of sp³-hybridized carbons (Fsp3) is 0.333. The topological polar surface area (TPSA) is 76.3 Å². The molecule has 0 aliphatic rings. The maximum Gasteiger partial charge on any atom is 0.471 e. The van der Waals surface area contributed by atoms with Crippen LogP contribution in [-0.2, 0) is 22.7 Å². The normalized spacial score (nSPS) is 12.8. The molecule has 0 atom stereocenters. The van der Waals surface area contributed by atoms with Crippen molar-refractivity contribution in [2.45, 2.75) is 43.7 Å². The third-order valence-corrected chi connectivity index (χ3v) is 7.56. The number of aromatic nitrogens is 2. The van der Waals surface area contributed by atoms with Gasteiger partial charge in [0.2, 0.25) is 5.82 Å². The van der Waals surface area contributed by atoms with Crippen LogP contribution in [0.2, 0.25) is 0 Å². The van der Waals surface area contributed by atoms with Gasteiger partial charge in [0.1, 0.15) is 4.21 Å². The first-order valence-electron chi connectivity index (χ1n) is 8.57. The fourth-order valence-electron chi connectivity index (χ4n) is 2.61. The van der Waals surface area contributed by atoms with Gasteiger partial charge in [-0.1, -0.05) is 29.4 Å². The van der Waals surface area contributed by atoms with E-state index in [9.17, 15) is 21.6 Å². The molecule has 6 nitrogen and oxygen atoms in total. The molecule has 1 aromatic carbocycles. The van der Waals surface area contributed by atoms with Crippen molar-refractivity contribution in [2.75, 3.05) is 0 Å². The van der Waals surface area contributed by atoms with Crippen LogP contribution >= 0.6 is 11.3 Å². The Balaban J connectivity index is 1.82. The summed E-state index contributed by atoms with van der Waals surface area (Å²) in [5, 5.41) is 3.34. The largest absolute Gasteiger partial charge is 0.471 e. The van der Waals surface area contributed by atoms with E-state index in [0.717, 1.165) is 4.88 Å². The number of thiophene rings is 1. The average Bonchev–Trinajstić information content (AvgIpc) is 3.29. The molecule has 0 aliphatic carbocycles. The number of rotatable bonds is 6. The molecular formula is C18H18F3N3O3S2. The minimum atomic E-state index is -4.71. The Hall–Kier alpha value is -2.24. The van der Waals surface area contributed by atoms with Gasteiger partial charge in [-0.15, -0.1) is 11.3 Å². The Morgan fingerprint density at radius 1 is 1.14 bits per heavy atom. The average molecular weight is 445 g/mol. The van der Waals surface area contributed by atoms with Crippen LogP contribution in [0.5, 0.6) is 0 Å². The molecule has 0 fully saturated rings. The Bertz CT molecular complexity index is 1090. The van der Waals surface area contributed by atoms with Crippen LogP contribution in [0.15, 0.2) is 45.1 Å². The van der Waals surface area contributed by atoms with Crippen molar-refractivity contribution in [3.05, 3.63) is 52.7 Å². The first kappa shape index (κ1) is 21.5. The number of halogens is 3. The second-order valence-corrected chi connectivity index (χ2v) is 10.0. The molecule has 0 N–H and O–H groups in total. The van der Waals surface area contributed by atoms with Crippen molar-refractivity contribution in [1.29, 1.82) is 0 Å². The molecule has 3 aromatic rings. The molecule has 0 amide bonds. The van der Waals surface area contributed by atoms with Crippen molar-refractivity contribution in [3.8, 4) is 11.4 Å². The van der Waals surface area contributed by atoms with Crippen molar-refractivity contribution >= 4 is 21.4 Å². The maximum atomic E-state index is 13.0. The Kier molecular flexibility index (Phi) is 5.84. The molecule has 0 spiro atoms. The molecule has 3 rings (SSSR count). The zero-order chi connectivity index (χ0) is 21.4. The van der Waals surface area contributed by atoms with E-state index < -0.39 is 22.1 Å². The van der Waals surface area contributed by atoms with E-state index in [4.69, 9.17) is 0 Å². The maximum absolute atomic E-state index is 13.0. The van der Waals surface area contributed by atoms with Crippen LogP contribution in [0.3, 0.4) is 0 Å². The highest BCUT2D eigenvalue weighted by Gasteiger charge is 2.38. The van der Waals surface area contributed by atoms with Gasteiger partial charge in [-0.2, -0.15) is 22.5 Å². The lowest BCUT2D eigenvalue weighted by molar-refractivity contribution is -0.159. The van der Waals surface area contributed by atoms with Crippen molar-refractivity contribution < 1.29 is 26.1 Å². The molecular weight excluding hydrogens is 427 g/mol. The molecule has 0 unspecified atom stereocenters. The predicted octanol–water partition coefficient (Wildman–Crippen LogP) is 4.72. The summed E-state index contributed by atoms with van der Waals surface area (Å²) in [6, 6.07) is 9.37.